The zero-order chi connectivity index (χ0) is 16.6. The molecule has 1 heteroatoms. The van der Waals surface area contributed by atoms with E-state index in [2.05, 4.69) is 72.5 Å². The summed E-state index contributed by atoms with van der Waals surface area (Å²) in [6, 6.07) is 17.7. The van der Waals surface area contributed by atoms with Gasteiger partial charge in [-0.05, 0) is 54.5 Å². The van der Waals surface area contributed by atoms with Gasteiger partial charge in [-0.15, -0.1) is 0 Å². The molecule has 3 rings (SSSR count). The third kappa shape index (κ3) is 4.82. The van der Waals surface area contributed by atoms with Crippen molar-refractivity contribution < 1.29 is 0 Å². The second kappa shape index (κ2) is 8.84. The number of hydrogen-bond donors (Lipinski definition) is 0. The maximum absolute atomic E-state index is 2.50. The van der Waals surface area contributed by atoms with Gasteiger partial charge < -0.3 is 0 Å². The number of fused-ring (bicyclic) bond motifs is 1. The Morgan fingerprint density at radius 1 is 0.917 bits per heavy atom. The standard InChI is InChI=1S/C23H29N/c1-2-24(17-9-12-20-10-5-3-6-11-20)19-21-15-16-22-13-7-4-8-14-23(22)18-21/h3,5-6,9-12,15-16,18H,2,4,7-8,13-14,17,19H2,1H3. The summed E-state index contributed by atoms with van der Waals surface area (Å²) in [5.41, 5.74) is 5.92. The molecule has 0 fully saturated rings. The molecule has 0 aliphatic heterocycles. The molecule has 0 saturated carbocycles. The molecule has 126 valence electrons. The molecule has 0 saturated heterocycles. The summed E-state index contributed by atoms with van der Waals surface area (Å²) in [6.07, 6.45) is 11.1. The summed E-state index contributed by atoms with van der Waals surface area (Å²) < 4.78 is 0. The van der Waals surface area contributed by atoms with Crippen LogP contribution in [-0.4, -0.2) is 18.0 Å². The molecule has 0 heterocycles. The number of aryl methyl sites for hydroxylation is 2. The van der Waals surface area contributed by atoms with E-state index in [1.165, 1.54) is 43.2 Å². The predicted molar refractivity (Wildman–Crippen MR) is 104 cm³/mol. The molecule has 24 heavy (non-hydrogen) atoms. The van der Waals surface area contributed by atoms with Crippen molar-refractivity contribution in [3.8, 4) is 0 Å². The lowest BCUT2D eigenvalue weighted by Gasteiger charge is -2.19. The minimum atomic E-state index is 1.00. The molecule has 0 spiro atoms. The third-order valence-electron chi connectivity index (χ3n) is 4.99. The summed E-state index contributed by atoms with van der Waals surface area (Å²) in [5, 5.41) is 0. The van der Waals surface area contributed by atoms with Crippen LogP contribution in [0.3, 0.4) is 0 Å². The van der Waals surface area contributed by atoms with Crippen LogP contribution in [0.25, 0.3) is 6.08 Å². The molecular weight excluding hydrogens is 290 g/mol. The lowest BCUT2D eigenvalue weighted by Crippen LogP contribution is -2.22. The fourth-order valence-corrected chi connectivity index (χ4v) is 3.53. The van der Waals surface area contributed by atoms with Gasteiger partial charge in [-0.1, -0.05) is 74.0 Å². The lowest BCUT2D eigenvalue weighted by molar-refractivity contribution is 0.311. The van der Waals surface area contributed by atoms with E-state index in [1.807, 2.05) is 0 Å². The van der Waals surface area contributed by atoms with Gasteiger partial charge in [-0.25, -0.2) is 0 Å². The van der Waals surface area contributed by atoms with Gasteiger partial charge in [-0.2, -0.15) is 0 Å². The van der Waals surface area contributed by atoms with E-state index < -0.39 is 0 Å². The fourth-order valence-electron chi connectivity index (χ4n) is 3.53. The van der Waals surface area contributed by atoms with Gasteiger partial charge in [0, 0.05) is 13.1 Å². The van der Waals surface area contributed by atoms with E-state index in [0.29, 0.717) is 0 Å². The maximum Gasteiger partial charge on any atom is 0.0237 e. The lowest BCUT2D eigenvalue weighted by atomic mass is 10.00. The Labute approximate surface area is 147 Å². The average molecular weight is 319 g/mol. The first kappa shape index (κ1) is 17.0. The van der Waals surface area contributed by atoms with E-state index >= 15 is 0 Å². The first-order chi connectivity index (χ1) is 11.8. The Bertz CT molecular complexity index is 657. The fraction of sp³-hybridized carbons (Fsp3) is 0.391. The zero-order valence-corrected chi connectivity index (χ0v) is 14.9. The highest BCUT2D eigenvalue weighted by atomic mass is 15.1. The summed E-state index contributed by atoms with van der Waals surface area (Å²) in [7, 11) is 0. The largest absolute Gasteiger partial charge is 0.296 e. The number of likely N-dealkylation sites (N-methyl/N-ethyl adjacent to an activating group) is 1. The first-order valence-electron chi connectivity index (χ1n) is 9.40. The molecule has 0 aromatic heterocycles. The smallest absolute Gasteiger partial charge is 0.0237 e. The Kier molecular flexibility index (Phi) is 6.26. The van der Waals surface area contributed by atoms with Gasteiger partial charge in [0.2, 0.25) is 0 Å². The van der Waals surface area contributed by atoms with Gasteiger partial charge in [-0.3, -0.25) is 4.90 Å². The minimum absolute atomic E-state index is 1.00. The van der Waals surface area contributed by atoms with Crippen LogP contribution in [0.1, 0.15) is 48.4 Å². The normalized spacial score (nSPS) is 14.8. The van der Waals surface area contributed by atoms with E-state index in [-0.39, 0.29) is 0 Å². The number of benzene rings is 2. The van der Waals surface area contributed by atoms with Crippen LogP contribution in [0.4, 0.5) is 0 Å². The molecule has 1 aliphatic rings. The van der Waals surface area contributed by atoms with Gasteiger partial charge in [0.05, 0.1) is 0 Å². The van der Waals surface area contributed by atoms with Crippen LogP contribution in [0.5, 0.6) is 0 Å². The van der Waals surface area contributed by atoms with E-state index in [9.17, 15) is 0 Å². The van der Waals surface area contributed by atoms with Crippen molar-refractivity contribution in [2.75, 3.05) is 13.1 Å². The quantitative estimate of drug-likeness (QED) is 0.636. The number of nitrogens with zero attached hydrogens (tertiary/aromatic N) is 1. The van der Waals surface area contributed by atoms with E-state index in [1.54, 1.807) is 11.1 Å². The summed E-state index contributed by atoms with van der Waals surface area (Å²) >= 11 is 0. The zero-order valence-electron chi connectivity index (χ0n) is 14.9. The highest BCUT2D eigenvalue weighted by Gasteiger charge is 2.09. The Balaban J connectivity index is 1.61. The average Bonchev–Trinajstić information content (AvgIpc) is 2.86. The van der Waals surface area contributed by atoms with Crippen LogP contribution in [0.2, 0.25) is 0 Å². The van der Waals surface area contributed by atoms with Crippen molar-refractivity contribution >= 4 is 6.08 Å². The highest BCUT2D eigenvalue weighted by Crippen LogP contribution is 2.22. The van der Waals surface area contributed by atoms with Crippen LogP contribution in [0.15, 0.2) is 54.6 Å². The SMILES string of the molecule is CCN(CC=Cc1ccccc1)Cc1ccc2c(c1)CCCCC2. The van der Waals surface area contributed by atoms with Gasteiger partial charge in [0.15, 0.2) is 0 Å². The van der Waals surface area contributed by atoms with E-state index in [4.69, 9.17) is 0 Å². The van der Waals surface area contributed by atoms with Crippen LogP contribution in [0, 0.1) is 0 Å². The maximum atomic E-state index is 2.50. The van der Waals surface area contributed by atoms with Crippen molar-refractivity contribution in [1.29, 1.82) is 0 Å². The molecular formula is C23H29N. The topological polar surface area (TPSA) is 3.24 Å². The van der Waals surface area contributed by atoms with E-state index in [0.717, 1.165) is 19.6 Å². The monoisotopic (exact) mass is 319 g/mol. The second-order valence-corrected chi connectivity index (χ2v) is 6.80. The molecule has 1 aliphatic carbocycles. The molecule has 0 N–H and O–H groups in total. The molecule has 1 nitrogen and oxygen atoms in total. The van der Waals surface area contributed by atoms with Gasteiger partial charge in [0.1, 0.15) is 0 Å². The van der Waals surface area contributed by atoms with Crippen molar-refractivity contribution in [2.45, 2.75) is 45.6 Å². The third-order valence-corrected chi connectivity index (χ3v) is 4.99. The molecule has 0 bridgehead atoms. The second-order valence-electron chi connectivity index (χ2n) is 6.80. The molecule has 0 radical (unpaired) electrons. The molecule has 0 amide bonds. The molecule has 2 aromatic rings. The van der Waals surface area contributed by atoms with Crippen molar-refractivity contribution in [1.82, 2.24) is 4.90 Å². The highest BCUT2D eigenvalue weighted by molar-refractivity contribution is 5.48. The van der Waals surface area contributed by atoms with Crippen LogP contribution in [-0.2, 0) is 19.4 Å². The molecule has 0 unspecified atom stereocenters. The number of rotatable bonds is 6. The predicted octanol–water partition coefficient (Wildman–Crippen LogP) is 5.49. The summed E-state index contributed by atoms with van der Waals surface area (Å²) in [6.45, 7) is 5.38. The van der Waals surface area contributed by atoms with Gasteiger partial charge >= 0.3 is 0 Å². The Morgan fingerprint density at radius 2 is 1.71 bits per heavy atom. The number of hydrogen-bond acceptors (Lipinski definition) is 1. The van der Waals surface area contributed by atoms with Gasteiger partial charge in [0.25, 0.3) is 0 Å². The molecule has 2 aromatic carbocycles. The van der Waals surface area contributed by atoms with Crippen LogP contribution < -0.4 is 0 Å². The van der Waals surface area contributed by atoms with Crippen molar-refractivity contribution in [3.63, 3.8) is 0 Å². The summed E-state index contributed by atoms with van der Waals surface area (Å²) in [4.78, 5) is 2.50. The summed E-state index contributed by atoms with van der Waals surface area (Å²) in [5.74, 6) is 0. The van der Waals surface area contributed by atoms with Crippen LogP contribution >= 0.6 is 0 Å². The Morgan fingerprint density at radius 3 is 2.50 bits per heavy atom. The Hall–Kier alpha value is -1.86. The first-order valence-corrected chi connectivity index (χ1v) is 9.40. The molecule has 0 atom stereocenters. The van der Waals surface area contributed by atoms with Crippen molar-refractivity contribution in [2.24, 2.45) is 0 Å². The minimum Gasteiger partial charge on any atom is -0.296 e. The van der Waals surface area contributed by atoms with Crippen molar-refractivity contribution in [3.05, 3.63) is 76.9 Å².